The Hall–Kier alpha value is -5.46. The van der Waals surface area contributed by atoms with Crippen LogP contribution in [0.2, 0.25) is 0 Å². The molecule has 2 aromatic carbocycles. The Morgan fingerprint density at radius 1 is 1.00 bits per heavy atom. The molecule has 0 spiro atoms. The predicted octanol–water partition coefficient (Wildman–Crippen LogP) is 3.95. The predicted molar refractivity (Wildman–Crippen MR) is 152 cm³/mol. The minimum Gasteiger partial charge on any atom is -0.498 e. The first kappa shape index (κ1) is 25.8. The molecule has 4 N–H and O–H groups in total. The van der Waals surface area contributed by atoms with Gasteiger partial charge in [-0.15, -0.1) is 0 Å². The van der Waals surface area contributed by atoms with Crippen molar-refractivity contribution < 1.29 is 24.9 Å². The largest absolute Gasteiger partial charge is 0.498 e. The van der Waals surface area contributed by atoms with Gasteiger partial charge in [0.1, 0.15) is 23.3 Å². The van der Waals surface area contributed by atoms with Gasteiger partial charge in [0.15, 0.2) is 5.82 Å². The highest BCUT2D eigenvalue weighted by Crippen LogP contribution is 2.33. The number of ether oxygens (including phenoxy) is 1. The highest BCUT2D eigenvalue weighted by molar-refractivity contribution is 5.91. The van der Waals surface area contributed by atoms with E-state index in [9.17, 15) is 9.90 Å². The molecule has 1 fully saturated rings. The summed E-state index contributed by atoms with van der Waals surface area (Å²) in [6.07, 6.45) is 5.09. The molecular formula is C28H28N8O5. The number of imidazole rings is 1. The normalized spacial score (nSPS) is 13.5. The number of nitrogens with one attached hydrogen (secondary N) is 1. The molecular weight excluding hydrogens is 528 g/mol. The van der Waals surface area contributed by atoms with Gasteiger partial charge < -0.3 is 39.7 Å². The number of aryl methyl sites for hydroxylation is 2. The van der Waals surface area contributed by atoms with Gasteiger partial charge in [0.05, 0.1) is 23.0 Å². The van der Waals surface area contributed by atoms with Crippen LogP contribution in [-0.2, 0) is 11.8 Å². The third kappa shape index (κ3) is 4.88. The fourth-order valence-electron chi connectivity index (χ4n) is 4.97. The lowest BCUT2D eigenvalue weighted by atomic mass is 10.2. The summed E-state index contributed by atoms with van der Waals surface area (Å²) in [4.78, 5) is 24.6. The smallest absolute Gasteiger partial charge is 0.324 e. The maximum atomic E-state index is 12.2. The summed E-state index contributed by atoms with van der Waals surface area (Å²) in [6.45, 7) is 3.49. The maximum absolute atomic E-state index is 12.2. The number of aliphatic hydroxyl groups is 3. The van der Waals surface area contributed by atoms with Gasteiger partial charge in [-0.25, -0.2) is 14.5 Å². The van der Waals surface area contributed by atoms with Crippen LogP contribution in [0.1, 0.15) is 5.56 Å². The van der Waals surface area contributed by atoms with Crippen LogP contribution in [0.3, 0.4) is 0 Å². The average Bonchev–Trinajstić information content (AvgIpc) is 3.58. The lowest BCUT2D eigenvalue weighted by Gasteiger charge is -2.35. The van der Waals surface area contributed by atoms with Crippen LogP contribution >= 0.6 is 0 Å². The number of fused-ring (bicyclic) bond motifs is 2. The van der Waals surface area contributed by atoms with Crippen LogP contribution in [0.5, 0.6) is 11.5 Å². The molecule has 1 amide bonds. The standard InChI is InChI=1S/C28H28N8O5/c1-17-13-18(3-6-23(17)41-19-4-5-21-20(14-19)30-16-33(21)2)32-26-24-22(7-8-36(24)31-15-29-26)34-9-11-35(12-10-34)27(38)25(37)28(39)40/h3-8,13-16,37,39-40H,9-12H2,1-2H3,(H,29,31,32). The number of piperazine rings is 1. The summed E-state index contributed by atoms with van der Waals surface area (Å²) in [7, 11) is 1.95. The van der Waals surface area contributed by atoms with E-state index >= 15 is 0 Å². The molecule has 5 aromatic rings. The number of hydrogen-bond acceptors (Lipinski definition) is 10. The number of carbonyl (C=O) groups excluding carboxylic acids is 1. The van der Waals surface area contributed by atoms with Gasteiger partial charge in [-0.1, -0.05) is 0 Å². The molecule has 3 aromatic heterocycles. The Labute approximate surface area is 234 Å². The van der Waals surface area contributed by atoms with Gasteiger partial charge in [-0.3, -0.25) is 4.79 Å². The molecule has 6 rings (SSSR count). The number of hydrogen-bond donors (Lipinski definition) is 4. The summed E-state index contributed by atoms with van der Waals surface area (Å²) in [5.41, 5.74) is 5.30. The lowest BCUT2D eigenvalue weighted by Crippen LogP contribution is -2.49. The SMILES string of the molecule is Cc1cc(Nc2ncnn3ccc(N4CCN(C(=O)C(O)=C(O)O)CC4)c23)ccc1Oc1ccc2c(c1)ncn2C. The van der Waals surface area contributed by atoms with Crippen LogP contribution in [0.15, 0.2) is 73.0 Å². The monoisotopic (exact) mass is 556 g/mol. The topological polar surface area (TPSA) is 154 Å². The van der Waals surface area contributed by atoms with Crippen molar-refractivity contribution in [2.45, 2.75) is 6.92 Å². The van der Waals surface area contributed by atoms with Crippen molar-refractivity contribution in [3.63, 3.8) is 0 Å². The van der Waals surface area contributed by atoms with Crippen molar-refractivity contribution in [1.29, 1.82) is 0 Å². The molecule has 41 heavy (non-hydrogen) atoms. The third-order valence-corrected chi connectivity index (χ3v) is 7.12. The Bertz CT molecular complexity index is 1800. The maximum Gasteiger partial charge on any atom is 0.324 e. The van der Waals surface area contributed by atoms with Crippen molar-refractivity contribution in [2.75, 3.05) is 36.4 Å². The number of aromatic nitrogens is 5. The zero-order valence-electron chi connectivity index (χ0n) is 22.4. The first-order valence-corrected chi connectivity index (χ1v) is 12.9. The molecule has 13 nitrogen and oxygen atoms in total. The fourth-order valence-corrected chi connectivity index (χ4v) is 4.97. The first-order valence-electron chi connectivity index (χ1n) is 12.9. The minimum atomic E-state index is -1.38. The molecule has 0 unspecified atom stereocenters. The van der Waals surface area contributed by atoms with E-state index in [0.717, 1.165) is 39.2 Å². The molecule has 0 aliphatic carbocycles. The van der Waals surface area contributed by atoms with Crippen molar-refractivity contribution >= 4 is 39.6 Å². The zero-order valence-corrected chi connectivity index (χ0v) is 22.4. The number of benzene rings is 2. The number of rotatable bonds is 6. The van der Waals surface area contributed by atoms with Crippen LogP contribution < -0.4 is 15.0 Å². The second-order valence-electron chi connectivity index (χ2n) is 9.77. The van der Waals surface area contributed by atoms with E-state index in [0.29, 0.717) is 24.7 Å². The molecule has 4 heterocycles. The summed E-state index contributed by atoms with van der Waals surface area (Å²) < 4.78 is 9.85. The molecule has 0 bridgehead atoms. The van der Waals surface area contributed by atoms with E-state index in [-0.39, 0.29) is 13.1 Å². The minimum absolute atomic E-state index is 0.290. The van der Waals surface area contributed by atoms with E-state index < -0.39 is 17.6 Å². The van der Waals surface area contributed by atoms with Crippen molar-refractivity contribution in [2.24, 2.45) is 7.05 Å². The molecule has 0 saturated carbocycles. The van der Waals surface area contributed by atoms with Crippen LogP contribution in [0.4, 0.5) is 17.2 Å². The number of aliphatic hydroxyl groups excluding tert-OH is 2. The van der Waals surface area contributed by atoms with Crippen molar-refractivity contribution in [3.05, 3.63) is 78.6 Å². The molecule has 0 radical (unpaired) electrons. The second kappa shape index (κ2) is 10.3. The van der Waals surface area contributed by atoms with Gasteiger partial charge in [0.25, 0.3) is 11.7 Å². The van der Waals surface area contributed by atoms with Gasteiger partial charge >= 0.3 is 5.95 Å². The van der Waals surface area contributed by atoms with E-state index in [2.05, 4.69) is 25.3 Å². The Balaban J connectivity index is 1.20. The second-order valence-corrected chi connectivity index (χ2v) is 9.77. The van der Waals surface area contributed by atoms with E-state index in [4.69, 9.17) is 14.9 Å². The quantitative estimate of drug-likeness (QED) is 0.179. The molecule has 1 aliphatic heterocycles. The summed E-state index contributed by atoms with van der Waals surface area (Å²) in [5, 5.41) is 35.4. The molecule has 0 atom stereocenters. The average molecular weight is 557 g/mol. The number of anilines is 3. The molecule has 1 saturated heterocycles. The Kier molecular flexibility index (Phi) is 6.46. The fraction of sp³-hybridized carbons (Fsp3) is 0.214. The van der Waals surface area contributed by atoms with E-state index in [1.807, 2.05) is 67.2 Å². The highest BCUT2D eigenvalue weighted by Gasteiger charge is 2.27. The Morgan fingerprint density at radius 3 is 2.56 bits per heavy atom. The van der Waals surface area contributed by atoms with E-state index in [1.165, 1.54) is 11.2 Å². The summed E-state index contributed by atoms with van der Waals surface area (Å²) in [6, 6.07) is 13.6. The van der Waals surface area contributed by atoms with Crippen LogP contribution in [0.25, 0.3) is 16.6 Å². The van der Waals surface area contributed by atoms with Gasteiger partial charge in [0, 0.05) is 51.2 Å². The van der Waals surface area contributed by atoms with Crippen molar-refractivity contribution in [1.82, 2.24) is 29.0 Å². The lowest BCUT2D eigenvalue weighted by molar-refractivity contribution is -0.131. The number of carbonyl (C=O) groups is 1. The van der Waals surface area contributed by atoms with Crippen molar-refractivity contribution in [3.8, 4) is 11.5 Å². The first-order chi connectivity index (χ1) is 19.8. The van der Waals surface area contributed by atoms with Gasteiger partial charge in [-0.05, 0) is 48.9 Å². The van der Waals surface area contributed by atoms with Crippen LogP contribution in [0, 0.1) is 6.92 Å². The highest BCUT2D eigenvalue weighted by atomic mass is 16.5. The molecule has 210 valence electrons. The number of nitrogens with zero attached hydrogens (tertiary/aromatic N) is 7. The Morgan fingerprint density at radius 2 is 1.80 bits per heavy atom. The summed E-state index contributed by atoms with van der Waals surface area (Å²) in [5.74, 6) is -1.23. The van der Waals surface area contributed by atoms with Gasteiger partial charge in [-0.2, -0.15) is 5.10 Å². The van der Waals surface area contributed by atoms with Crippen LogP contribution in [-0.4, -0.2) is 76.5 Å². The van der Waals surface area contributed by atoms with Gasteiger partial charge in [0.2, 0.25) is 0 Å². The zero-order chi connectivity index (χ0) is 28.7. The summed E-state index contributed by atoms with van der Waals surface area (Å²) >= 11 is 0. The third-order valence-electron chi connectivity index (χ3n) is 7.12. The van der Waals surface area contributed by atoms with E-state index in [1.54, 1.807) is 10.8 Å². The molecule has 1 aliphatic rings. The number of amides is 1. The molecule has 13 heteroatoms.